The van der Waals surface area contributed by atoms with Gasteiger partial charge in [0.2, 0.25) is 0 Å². The summed E-state index contributed by atoms with van der Waals surface area (Å²) in [7, 11) is 3.38. The molecule has 5 heteroatoms. The minimum atomic E-state index is 0.479. The van der Waals surface area contributed by atoms with Crippen LogP contribution in [0.2, 0.25) is 0 Å². The Balaban J connectivity index is 2.56. The Hall–Kier alpha value is -1.88. The molecule has 0 spiro atoms. The molecule has 0 atom stereocenters. The number of para-hydroxylation sites is 1. The van der Waals surface area contributed by atoms with Crippen LogP contribution >= 0.6 is 12.2 Å². The third kappa shape index (κ3) is 4.65. The maximum Gasteiger partial charge on any atom is 0.186 e. The highest BCUT2D eigenvalue weighted by atomic mass is 32.1. The summed E-state index contributed by atoms with van der Waals surface area (Å²) in [5.74, 6) is 0.829. The van der Waals surface area contributed by atoms with Gasteiger partial charge in [-0.25, -0.2) is 0 Å². The summed E-state index contributed by atoms with van der Waals surface area (Å²) in [6.07, 6.45) is 5.34. The van der Waals surface area contributed by atoms with Crippen molar-refractivity contribution < 1.29 is 4.74 Å². The number of methoxy groups -OCH3 is 1. The van der Waals surface area contributed by atoms with Crippen LogP contribution in [0.25, 0.3) is 6.08 Å². The number of hydrogen-bond donors (Lipinski definition) is 2. The molecular weight excluding hydrogens is 234 g/mol. The van der Waals surface area contributed by atoms with Gasteiger partial charge in [-0.15, -0.1) is 0 Å². The topological polar surface area (TPSA) is 45.7 Å². The SMILES string of the molecule is CNC(=S)N/N=C\C=C\c1ccccc1OC. The third-order valence-electron chi connectivity index (χ3n) is 1.97. The number of nitrogens with zero attached hydrogens (tertiary/aromatic N) is 1. The third-order valence-corrected chi connectivity index (χ3v) is 2.26. The van der Waals surface area contributed by atoms with Crippen LogP contribution in [-0.4, -0.2) is 25.5 Å². The zero-order valence-corrected chi connectivity index (χ0v) is 10.6. The molecule has 0 bridgehead atoms. The molecule has 1 aromatic carbocycles. The molecule has 0 aliphatic heterocycles. The number of hydrogen-bond acceptors (Lipinski definition) is 3. The average Bonchev–Trinajstić information content (AvgIpc) is 2.38. The van der Waals surface area contributed by atoms with Gasteiger partial charge in [0.15, 0.2) is 5.11 Å². The van der Waals surface area contributed by atoms with Crippen LogP contribution in [0, 0.1) is 0 Å². The molecule has 90 valence electrons. The van der Waals surface area contributed by atoms with Crippen LogP contribution in [0.3, 0.4) is 0 Å². The number of allylic oxidation sites excluding steroid dienone is 1. The number of benzene rings is 1. The number of thiocarbonyl (C=S) groups is 1. The van der Waals surface area contributed by atoms with Crippen LogP contribution in [0.5, 0.6) is 5.75 Å². The van der Waals surface area contributed by atoms with Crippen molar-refractivity contribution in [2.45, 2.75) is 0 Å². The Morgan fingerprint density at radius 1 is 1.41 bits per heavy atom. The number of ether oxygens (including phenoxy) is 1. The van der Waals surface area contributed by atoms with Crippen molar-refractivity contribution in [1.29, 1.82) is 0 Å². The van der Waals surface area contributed by atoms with Crippen LogP contribution in [-0.2, 0) is 0 Å². The van der Waals surface area contributed by atoms with Gasteiger partial charge in [0.1, 0.15) is 5.75 Å². The minimum absolute atomic E-state index is 0.479. The number of nitrogens with one attached hydrogen (secondary N) is 2. The van der Waals surface area contributed by atoms with Crippen molar-refractivity contribution in [2.24, 2.45) is 5.10 Å². The van der Waals surface area contributed by atoms with Gasteiger partial charge in [-0.05, 0) is 30.4 Å². The van der Waals surface area contributed by atoms with E-state index in [0.717, 1.165) is 11.3 Å². The van der Waals surface area contributed by atoms with Gasteiger partial charge >= 0.3 is 0 Å². The number of hydrazone groups is 1. The van der Waals surface area contributed by atoms with Crippen LogP contribution in [0.15, 0.2) is 35.4 Å². The van der Waals surface area contributed by atoms with E-state index < -0.39 is 0 Å². The lowest BCUT2D eigenvalue weighted by molar-refractivity contribution is 0.414. The lowest BCUT2D eigenvalue weighted by Crippen LogP contribution is -2.28. The summed E-state index contributed by atoms with van der Waals surface area (Å²) in [6.45, 7) is 0. The average molecular weight is 249 g/mol. The molecule has 0 saturated heterocycles. The predicted octanol–water partition coefficient (Wildman–Crippen LogP) is 1.79. The largest absolute Gasteiger partial charge is 0.496 e. The minimum Gasteiger partial charge on any atom is -0.496 e. The van der Waals surface area contributed by atoms with E-state index in [0.29, 0.717) is 5.11 Å². The van der Waals surface area contributed by atoms with Crippen molar-refractivity contribution in [3.63, 3.8) is 0 Å². The normalized spacial score (nSPS) is 10.7. The van der Waals surface area contributed by atoms with E-state index in [2.05, 4.69) is 15.8 Å². The second-order valence-corrected chi connectivity index (χ2v) is 3.48. The highest BCUT2D eigenvalue weighted by molar-refractivity contribution is 7.80. The first-order valence-electron chi connectivity index (χ1n) is 5.08. The fourth-order valence-electron chi connectivity index (χ4n) is 1.15. The Labute approximate surface area is 106 Å². The molecule has 0 aliphatic carbocycles. The first kappa shape index (κ1) is 13.2. The van der Waals surface area contributed by atoms with Gasteiger partial charge in [0.05, 0.1) is 7.11 Å². The van der Waals surface area contributed by atoms with Gasteiger partial charge in [0, 0.05) is 18.8 Å². The Morgan fingerprint density at radius 2 is 2.18 bits per heavy atom. The molecule has 0 aromatic heterocycles. The van der Waals surface area contributed by atoms with Crippen molar-refractivity contribution >= 4 is 29.6 Å². The molecular formula is C12H15N3OS. The summed E-state index contributed by atoms with van der Waals surface area (Å²) in [6, 6.07) is 7.75. The lowest BCUT2D eigenvalue weighted by atomic mass is 10.2. The monoisotopic (exact) mass is 249 g/mol. The van der Waals surface area contributed by atoms with E-state index in [-0.39, 0.29) is 0 Å². The van der Waals surface area contributed by atoms with Gasteiger partial charge in [0.25, 0.3) is 0 Å². The van der Waals surface area contributed by atoms with Gasteiger partial charge in [-0.3, -0.25) is 5.43 Å². The fraction of sp³-hybridized carbons (Fsp3) is 0.167. The van der Waals surface area contributed by atoms with Crippen LogP contribution in [0.4, 0.5) is 0 Å². The molecule has 0 aliphatic rings. The van der Waals surface area contributed by atoms with Crippen molar-refractivity contribution in [2.75, 3.05) is 14.2 Å². The number of rotatable bonds is 4. The first-order chi connectivity index (χ1) is 8.27. The molecule has 0 saturated carbocycles. The van der Waals surface area contributed by atoms with Crippen LogP contribution in [0.1, 0.15) is 5.56 Å². The Kier molecular flexibility index (Phi) is 5.74. The van der Waals surface area contributed by atoms with E-state index in [9.17, 15) is 0 Å². The molecule has 1 aromatic rings. The maximum atomic E-state index is 5.22. The quantitative estimate of drug-likeness (QED) is 0.485. The molecule has 0 fully saturated rings. The predicted molar refractivity (Wildman–Crippen MR) is 75.3 cm³/mol. The van der Waals surface area contributed by atoms with Gasteiger partial charge in [-0.1, -0.05) is 18.2 Å². The molecule has 4 nitrogen and oxygen atoms in total. The molecule has 0 amide bonds. The summed E-state index contributed by atoms with van der Waals surface area (Å²) in [4.78, 5) is 0. The highest BCUT2D eigenvalue weighted by Gasteiger charge is 1.94. The maximum absolute atomic E-state index is 5.22. The van der Waals surface area contributed by atoms with E-state index in [4.69, 9.17) is 17.0 Å². The van der Waals surface area contributed by atoms with Crippen molar-refractivity contribution in [3.8, 4) is 5.75 Å². The second-order valence-electron chi connectivity index (χ2n) is 3.07. The van der Waals surface area contributed by atoms with E-state index >= 15 is 0 Å². The zero-order valence-electron chi connectivity index (χ0n) is 9.81. The lowest BCUT2D eigenvalue weighted by Gasteiger charge is -2.02. The Bertz CT molecular complexity index is 430. The first-order valence-corrected chi connectivity index (χ1v) is 5.49. The van der Waals surface area contributed by atoms with Gasteiger partial charge < -0.3 is 10.1 Å². The molecule has 1 rings (SSSR count). The highest BCUT2D eigenvalue weighted by Crippen LogP contribution is 2.18. The molecule has 0 radical (unpaired) electrons. The summed E-state index contributed by atoms with van der Waals surface area (Å²) in [5, 5.41) is 7.14. The summed E-state index contributed by atoms with van der Waals surface area (Å²) >= 11 is 4.86. The van der Waals surface area contributed by atoms with Gasteiger partial charge in [-0.2, -0.15) is 5.10 Å². The molecule has 2 N–H and O–H groups in total. The molecule has 0 heterocycles. The van der Waals surface area contributed by atoms with Crippen molar-refractivity contribution in [1.82, 2.24) is 10.7 Å². The fourth-order valence-corrected chi connectivity index (χ4v) is 1.20. The summed E-state index contributed by atoms with van der Waals surface area (Å²) in [5.41, 5.74) is 3.65. The zero-order chi connectivity index (χ0) is 12.5. The van der Waals surface area contributed by atoms with E-state index in [1.54, 1.807) is 20.4 Å². The van der Waals surface area contributed by atoms with E-state index in [1.807, 2.05) is 36.4 Å². The summed E-state index contributed by atoms with van der Waals surface area (Å²) < 4.78 is 5.22. The smallest absolute Gasteiger partial charge is 0.186 e. The standard InChI is InChI=1S/C12H15N3OS/c1-13-12(17)15-14-9-5-7-10-6-3-4-8-11(10)16-2/h3-9H,1-2H3,(H2,13,15,17)/b7-5+,14-9-. The molecule has 17 heavy (non-hydrogen) atoms. The van der Waals surface area contributed by atoms with Crippen molar-refractivity contribution in [3.05, 3.63) is 35.9 Å². The second kappa shape index (κ2) is 7.40. The molecule has 0 unspecified atom stereocenters. The Morgan fingerprint density at radius 3 is 2.88 bits per heavy atom. The van der Waals surface area contributed by atoms with E-state index in [1.165, 1.54) is 0 Å². The van der Waals surface area contributed by atoms with Crippen LogP contribution < -0.4 is 15.5 Å².